The summed E-state index contributed by atoms with van der Waals surface area (Å²) in [6.45, 7) is 6.42. The fraction of sp³-hybridized carbons (Fsp3) is 0.615. The highest BCUT2D eigenvalue weighted by molar-refractivity contribution is 5.38. The summed E-state index contributed by atoms with van der Waals surface area (Å²) in [6.07, 6.45) is 2.69. The Bertz CT molecular complexity index is 311. The van der Waals surface area contributed by atoms with Gasteiger partial charge in [0.1, 0.15) is 5.82 Å². The molecule has 0 aliphatic rings. The van der Waals surface area contributed by atoms with E-state index in [2.05, 4.69) is 23.3 Å². The zero-order chi connectivity index (χ0) is 12.7. The predicted molar refractivity (Wildman–Crippen MR) is 71.2 cm³/mol. The van der Waals surface area contributed by atoms with Crippen molar-refractivity contribution in [2.45, 2.75) is 32.9 Å². The van der Waals surface area contributed by atoms with Gasteiger partial charge in [0.25, 0.3) is 0 Å². The van der Waals surface area contributed by atoms with Crippen LogP contribution in [0.5, 0.6) is 0 Å². The van der Waals surface area contributed by atoms with E-state index < -0.39 is 0 Å². The molecule has 0 spiro atoms. The van der Waals surface area contributed by atoms with E-state index in [-0.39, 0.29) is 6.10 Å². The van der Waals surface area contributed by atoms with Crippen LogP contribution in [0.15, 0.2) is 18.3 Å². The molecule has 1 aromatic rings. The summed E-state index contributed by atoms with van der Waals surface area (Å²) in [5.41, 5.74) is 1.19. The molecule has 0 saturated carbocycles. The van der Waals surface area contributed by atoms with Gasteiger partial charge in [-0.3, -0.25) is 0 Å². The van der Waals surface area contributed by atoms with Crippen molar-refractivity contribution in [3.8, 4) is 0 Å². The second-order valence-electron chi connectivity index (χ2n) is 4.43. The van der Waals surface area contributed by atoms with Gasteiger partial charge in [-0.05, 0) is 31.5 Å². The number of aliphatic hydroxyl groups is 1. The maximum Gasteiger partial charge on any atom is 0.128 e. The average Bonchev–Trinajstić information content (AvgIpc) is 2.29. The predicted octanol–water partition coefficient (Wildman–Crippen LogP) is 1.40. The largest absolute Gasteiger partial charge is 0.392 e. The van der Waals surface area contributed by atoms with Crippen LogP contribution in [-0.4, -0.2) is 36.3 Å². The van der Waals surface area contributed by atoms with Crippen molar-refractivity contribution >= 4 is 5.82 Å². The summed E-state index contributed by atoms with van der Waals surface area (Å²) in [7, 11) is 1.93. The molecule has 0 aromatic carbocycles. The summed E-state index contributed by atoms with van der Waals surface area (Å²) in [4.78, 5) is 6.34. The Hall–Kier alpha value is -1.13. The highest BCUT2D eigenvalue weighted by atomic mass is 16.3. The Morgan fingerprint density at radius 1 is 1.47 bits per heavy atom. The van der Waals surface area contributed by atoms with E-state index in [1.54, 1.807) is 6.92 Å². The van der Waals surface area contributed by atoms with Gasteiger partial charge in [0.2, 0.25) is 0 Å². The Kier molecular flexibility index (Phi) is 5.94. The van der Waals surface area contributed by atoms with Gasteiger partial charge in [-0.25, -0.2) is 4.98 Å². The SMILES string of the molecule is CCCNCc1ccc(N(C)CC(C)O)nc1. The lowest BCUT2D eigenvalue weighted by molar-refractivity contribution is 0.201. The maximum absolute atomic E-state index is 9.30. The Labute approximate surface area is 104 Å². The van der Waals surface area contributed by atoms with Gasteiger partial charge >= 0.3 is 0 Å². The molecule has 0 aliphatic heterocycles. The summed E-state index contributed by atoms with van der Waals surface area (Å²) >= 11 is 0. The van der Waals surface area contributed by atoms with Crippen LogP contribution in [0, 0.1) is 0 Å². The van der Waals surface area contributed by atoms with E-state index in [0.29, 0.717) is 6.54 Å². The number of nitrogens with zero attached hydrogens (tertiary/aromatic N) is 2. The van der Waals surface area contributed by atoms with Crippen molar-refractivity contribution in [2.24, 2.45) is 0 Å². The smallest absolute Gasteiger partial charge is 0.128 e. The molecule has 1 rings (SSSR count). The first-order valence-electron chi connectivity index (χ1n) is 6.18. The molecule has 1 aromatic heterocycles. The van der Waals surface area contributed by atoms with Crippen LogP contribution in [0.4, 0.5) is 5.82 Å². The van der Waals surface area contributed by atoms with Crippen LogP contribution in [0.2, 0.25) is 0 Å². The van der Waals surface area contributed by atoms with Crippen LogP contribution in [0.3, 0.4) is 0 Å². The number of anilines is 1. The standard InChI is InChI=1S/C13H23N3O/c1-4-7-14-8-12-5-6-13(15-9-12)16(3)10-11(2)17/h5-6,9,11,14,17H,4,7-8,10H2,1-3H3. The van der Waals surface area contributed by atoms with Crippen molar-refractivity contribution in [2.75, 3.05) is 25.0 Å². The van der Waals surface area contributed by atoms with E-state index in [4.69, 9.17) is 0 Å². The Morgan fingerprint density at radius 3 is 2.76 bits per heavy atom. The van der Waals surface area contributed by atoms with Gasteiger partial charge in [0.05, 0.1) is 6.10 Å². The maximum atomic E-state index is 9.30. The minimum Gasteiger partial charge on any atom is -0.392 e. The minimum absolute atomic E-state index is 0.340. The molecule has 0 aliphatic carbocycles. The van der Waals surface area contributed by atoms with Crippen molar-refractivity contribution in [1.29, 1.82) is 0 Å². The third kappa shape index (κ3) is 5.15. The topological polar surface area (TPSA) is 48.4 Å². The number of nitrogens with one attached hydrogen (secondary N) is 1. The Balaban J connectivity index is 2.49. The van der Waals surface area contributed by atoms with Crippen LogP contribution < -0.4 is 10.2 Å². The number of rotatable bonds is 7. The first-order valence-corrected chi connectivity index (χ1v) is 6.18. The number of likely N-dealkylation sites (N-methyl/N-ethyl adjacent to an activating group) is 1. The van der Waals surface area contributed by atoms with Crippen molar-refractivity contribution in [1.82, 2.24) is 10.3 Å². The van der Waals surface area contributed by atoms with Crippen molar-refractivity contribution in [3.05, 3.63) is 23.9 Å². The zero-order valence-electron chi connectivity index (χ0n) is 11.0. The number of hydrogen-bond donors (Lipinski definition) is 2. The number of hydrogen-bond acceptors (Lipinski definition) is 4. The molecule has 1 atom stereocenters. The van der Waals surface area contributed by atoms with Gasteiger partial charge in [0, 0.05) is 26.3 Å². The highest BCUT2D eigenvalue weighted by Gasteiger charge is 2.05. The summed E-state index contributed by atoms with van der Waals surface area (Å²) in [5, 5.41) is 12.6. The van der Waals surface area contributed by atoms with Crippen LogP contribution in [0.1, 0.15) is 25.8 Å². The van der Waals surface area contributed by atoms with Crippen molar-refractivity contribution in [3.63, 3.8) is 0 Å². The summed E-state index contributed by atoms with van der Waals surface area (Å²) in [5.74, 6) is 0.894. The summed E-state index contributed by atoms with van der Waals surface area (Å²) in [6, 6.07) is 4.06. The van der Waals surface area contributed by atoms with Crippen LogP contribution in [0.25, 0.3) is 0 Å². The molecule has 0 bridgehead atoms. The number of aromatic nitrogens is 1. The van der Waals surface area contributed by atoms with E-state index in [0.717, 1.165) is 25.3 Å². The van der Waals surface area contributed by atoms with E-state index >= 15 is 0 Å². The van der Waals surface area contributed by atoms with Gasteiger partial charge in [-0.1, -0.05) is 13.0 Å². The zero-order valence-corrected chi connectivity index (χ0v) is 11.0. The molecular weight excluding hydrogens is 214 g/mol. The molecule has 0 saturated heterocycles. The minimum atomic E-state index is -0.340. The normalized spacial score (nSPS) is 12.5. The second kappa shape index (κ2) is 7.25. The van der Waals surface area contributed by atoms with Gasteiger partial charge in [-0.15, -0.1) is 0 Å². The lowest BCUT2D eigenvalue weighted by Gasteiger charge is -2.19. The molecule has 17 heavy (non-hydrogen) atoms. The quantitative estimate of drug-likeness (QED) is 0.704. The van der Waals surface area contributed by atoms with Crippen molar-refractivity contribution < 1.29 is 5.11 Å². The molecule has 0 amide bonds. The Morgan fingerprint density at radius 2 is 2.24 bits per heavy atom. The molecule has 1 unspecified atom stereocenters. The molecule has 1 heterocycles. The first-order chi connectivity index (χ1) is 8.13. The number of aliphatic hydroxyl groups excluding tert-OH is 1. The van der Waals surface area contributed by atoms with Crippen LogP contribution >= 0.6 is 0 Å². The molecule has 0 radical (unpaired) electrons. The number of pyridine rings is 1. The monoisotopic (exact) mass is 237 g/mol. The molecule has 4 heteroatoms. The molecule has 0 fully saturated rings. The molecule has 2 N–H and O–H groups in total. The molecular formula is C13H23N3O. The van der Waals surface area contributed by atoms with Crippen LogP contribution in [-0.2, 0) is 6.54 Å². The lowest BCUT2D eigenvalue weighted by atomic mass is 10.2. The molecule has 96 valence electrons. The summed E-state index contributed by atoms with van der Waals surface area (Å²) < 4.78 is 0. The first kappa shape index (κ1) is 13.9. The van der Waals surface area contributed by atoms with E-state index in [1.807, 2.05) is 24.2 Å². The third-order valence-electron chi connectivity index (χ3n) is 2.49. The molecule has 4 nitrogen and oxygen atoms in total. The van der Waals surface area contributed by atoms with E-state index in [9.17, 15) is 5.11 Å². The fourth-order valence-electron chi connectivity index (χ4n) is 1.65. The fourth-order valence-corrected chi connectivity index (χ4v) is 1.65. The second-order valence-corrected chi connectivity index (χ2v) is 4.43. The average molecular weight is 237 g/mol. The van der Waals surface area contributed by atoms with Gasteiger partial charge < -0.3 is 15.3 Å². The third-order valence-corrected chi connectivity index (χ3v) is 2.49. The lowest BCUT2D eigenvalue weighted by Crippen LogP contribution is -2.27. The van der Waals surface area contributed by atoms with Gasteiger partial charge in [0.15, 0.2) is 0 Å². The van der Waals surface area contributed by atoms with E-state index in [1.165, 1.54) is 5.56 Å². The highest BCUT2D eigenvalue weighted by Crippen LogP contribution is 2.09. The van der Waals surface area contributed by atoms with Gasteiger partial charge in [-0.2, -0.15) is 0 Å².